The van der Waals surface area contributed by atoms with Crippen molar-refractivity contribution in [1.29, 1.82) is 0 Å². The third kappa shape index (κ3) is 57.5. The molecular formula is C2H6Na4O6P2+2. The molecule has 0 amide bonds. The fourth-order valence-corrected chi connectivity index (χ4v) is 0.538. The zero-order valence-electron chi connectivity index (χ0n) is 8.75. The van der Waals surface area contributed by atoms with Gasteiger partial charge in [0.2, 0.25) is 0 Å². The molecule has 0 aliphatic rings. The van der Waals surface area contributed by atoms with Crippen molar-refractivity contribution in [3.8, 4) is 0 Å². The number of hydrogen-bond acceptors (Lipinski definition) is 4. The first kappa shape index (κ1) is 36.0. The summed E-state index contributed by atoms with van der Waals surface area (Å²) >= 11 is 0. The van der Waals surface area contributed by atoms with Crippen molar-refractivity contribution >= 4 is 135 Å². The van der Waals surface area contributed by atoms with Gasteiger partial charge in [-0.25, -0.2) is 0 Å². The molecule has 0 aromatic rings. The molecule has 6 nitrogen and oxygen atoms in total. The maximum Gasteiger partial charge on any atom is 0.745 e. The van der Waals surface area contributed by atoms with E-state index >= 15 is 0 Å². The molecule has 0 aromatic heterocycles. The Balaban J connectivity index is -0.0000000208. The molecular weight excluding hydrogens is 274 g/mol. The summed E-state index contributed by atoms with van der Waals surface area (Å²) in [4.78, 5) is 15.3. The van der Waals surface area contributed by atoms with Crippen LogP contribution in [0.15, 0.2) is 12.8 Å². The van der Waals surface area contributed by atoms with E-state index in [2.05, 4.69) is 10.9 Å². The van der Waals surface area contributed by atoms with E-state index in [0.29, 0.717) is 0 Å². The average molecular weight is 280 g/mol. The number of rotatable bonds is 2. The molecule has 0 aromatic carbocycles. The summed E-state index contributed by atoms with van der Waals surface area (Å²) in [5.41, 5.74) is 0. The van der Waals surface area contributed by atoms with Crippen LogP contribution in [0.25, 0.3) is 0 Å². The van der Waals surface area contributed by atoms with E-state index in [-0.39, 0.29) is 118 Å². The molecule has 3 N–H and O–H groups in total. The first-order valence-corrected chi connectivity index (χ1v) is 4.06. The third-order valence-corrected chi connectivity index (χ3v) is 1.26. The van der Waals surface area contributed by atoms with Gasteiger partial charge in [-0.1, -0.05) is 6.58 Å². The van der Waals surface area contributed by atoms with E-state index in [1.54, 1.807) is 0 Å². The first-order chi connectivity index (χ1) is 4.54. The molecule has 0 aliphatic carbocycles. The van der Waals surface area contributed by atoms with Gasteiger partial charge in [0.25, 0.3) is 0 Å². The second-order valence-electron chi connectivity index (χ2n) is 0.740. The standard InChI is InChI=1S/C2H4O.4Na.O5P2/c1-2-3;;;;;1-6(2)5-7(3)4/h2-3H,1H2;;;;;/p+2. The Morgan fingerprint density at radius 2 is 1.14 bits per heavy atom. The Hall–Kier alpha value is 3.62. The monoisotopic (exact) mass is 280 g/mol. The zero-order valence-corrected chi connectivity index (χ0v) is 18.5. The van der Waals surface area contributed by atoms with Gasteiger partial charge in [-0.2, -0.15) is 0 Å². The van der Waals surface area contributed by atoms with Gasteiger partial charge in [0.1, 0.15) is 0 Å². The molecule has 62 valence electrons. The van der Waals surface area contributed by atoms with Crippen LogP contribution in [-0.4, -0.2) is 133 Å². The van der Waals surface area contributed by atoms with E-state index in [4.69, 9.17) is 14.9 Å². The van der Waals surface area contributed by atoms with Crippen molar-refractivity contribution in [2.24, 2.45) is 0 Å². The number of aliphatic hydroxyl groups excluding tert-OH is 1. The number of aliphatic hydroxyl groups is 1. The van der Waals surface area contributed by atoms with E-state index < -0.39 is 16.5 Å². The summed E-state index contributed by atoms with van der Waals surface area (Å²) in [5, 5.41) is 7.33. The summed E-state index contributed by atoms with van der Waals surface area (Å²) in [6.45, 7) is 2.92. The fourth-order valence-electron chi connectivity index (χ4n) is 0.0598. The molecule has 0 spiro atoms. The summed E-state index contributed by atoms with van der Waals surface area (Å²) in [6, 6.07) is 0. The minimum absolute atomic E-state index is 0. The zero-order chi connectivity index (χ0) is 8.57. The Kier molecular flexibility index (Phi) is 77.3. The van der Waals surface area contributed by atoms with Gasteiger partial charge in [-0.05, 0) is 0 Å². The topological polar surface area (TPSA) is 104 Å². The Bertz CT molecular complexity index is 132. The molecule has 0 rings (SSSR count). The van der Waals surface area contributed by atoms with E-state index in [1.165, 1.54) is 0 Å². The summed E-state index contributed by atoms with van der Waals surface area (Å²) in [5.74, 6) is 0. The molecule has 2 unspecified atom stereocenters. The minimum atomic E-state index is -2.92. The van der Waals surface area contributed by atoms with Crippen LogP contribution < -0.4 is 0 Å². The SMILES string of the molecule is C=CO.O=[P+](O)O[P+](=O)O.[Na].[Na].[Na].[Na]. The van der Waals surface area contributed by atoms with Crippen LogP contribution in [0.3, 0.4) is 0 Å². The van der Waals surface area contributed by atoms with Crippen molar-refractivity contribution in [2.75, 3.05) is 0 Å². The van der Waals surface area contributed by atoms with Crippen LogP contribution in [0.2, 0.25) is 0 Å². The molecule has 12 heteroatoms. The Morgan fingerprint density at radius 3 is 1.14 bits per heavy atom. The van der Waals surface area contributed by atoms with Crippen molar-refractivity contribution in [2.45, 2.75) is 0 Å². The predicted molar refractivity (Wildman–Crippen MR) is 56.6 cm³/mol. The van der Waals surface area contributed by atoms with Crippen molar-refractivity contribution in [3.63, 3.8) is 0 Å². The quantitative estimate of drug-likeness (QED) is 0.357. The predicted octanol–water partition coefficient (Wildman–Crippen LogP) is -0.533. The molecule has 2 atom stereocenters. The maximum atomic E-state index is 9.39. The molecule has 0 aliphatic heterocycles. The van der Waals surface area contributed by atoms with Crippen molar-refractivity contribution in [1.82, 2.24) is 0 Å². The second kappa shape index (κ2) is 30.0. The third-order valence-electron chi connectivity index (χ3n) is 0.140. The van der Waals surface area contributed by atoms with Gasteiger partial charge in [-0.3, -0.25) is 0 Å². The van der Waals surface area contributed by atoms with E-state index in [9.17, 15) is 9.13 Å². The molecule has 0 bridgehead atoms. The summed E-state index contributed by atoms with van der Waals surface area (Å²) in [6.07, 6.45) is 0.750. The van der Waals surface area contributed by atoms with Crippen LogP contribution >= 0.6 is 16.5 Å². The Morgan fingerprint density at radius 1 is 1.00 bits per heavy atom. The van der Waals surface area contributed by atoms with Crippen LogP contribution in [0.1, 0.15) is 0 Å². The largest absolute Gasteiger partial charge is 0.745 e. The van der Waals surface area contributed by atoms with Gasteiger partial charge in [0, 0.05) is 127 Å². The van der Waals surface area contributed by atoms with Crippen molar-refractivity contribution < 1.29 is 28.3 Å². The van der Waals surface area contributed by atoms with Crippen LogP contribution in [0.5, 0.6) is 0 Å². The summed E-state index contributed by atoms with van der Waals surface area (Å²) < 4.78 is 22.2. The first-order valence-electron chi connectivity index (χ1n) is 1.80. The van der Waals surface area contributed by atoms with Gasteiger partial charge in [0.05, 0.1) is 6.26 Å². The van der Waals surface area contributed by atoms with Crippen LogP contribution in [-0.2, 0) is 13.4 Å². The summed E-state index contributed by atoms with van der Waals surface area (Å²) in [7, 11) is -5.85. The number of hydrogen-bond donors (Lipinski definition) is 3. The molecule has 4 radical (unpaired) electrons. The Labute approximate surface area is 172 Å². The molecule has 0 saturated carbocycles. The molecule has 0 fully saturated rings. The normalized spacial score (nSPS) is 7.57. The van der Waals surface area contributed by atoms with Gasteiger partial charge >= 0.3 is 16.5 Å². The maximum absolute atomic E-state index is 9.39. The van der Waals surface area contributed by atoms with E-state index in [1.807, 2.05) is 0 Å². The van der Waals surface area contributed by atoms with E-state index in [0.717, 1.165) is 6.26 Å². The van der Waals surface area contributed by atoms with Gasteiger partial charge in [-0.15, -0.1) is 9.79 Å². The average Bonchev–Trinajstić information content (AvgIpc) is 1.62. The molecule has 14 heavy (non-hydrogen) atoms. The van der Waals surface area contributed by atoms with Crippen LogP contribution in [0, 0.1) is 0 Å². The molecule has 0 saturated heterocycles. The smallest absolute Gasteiger partial charge is 0.516 e. The van der Waals surface area contributed by atoms with Gasteiger partial charge in [0.15, 0.2) is 4.31 Å². The van der Waals surface area contributed by atoms with Gasteiger partial charge < -0.3 is 5.11 Å². The second-order valence-corrected chi connectivity index (χ2v) is 2.34. The van der Waals surface area contributed by atoms with Crippen LogP contribution in [0.4, 0.5) is 0 Å². The minimum Gasteiger partial charge on any atom is -0.516 e. The molecule has 0 heterocycles. The van der Waals surface area contributed by atoms with Crippen molar-refractivity contribution in [3.05, 3.63) is 12.8 Å². The fraction of sp³-hybridized carbons (Fsp3) is 0.